The lowest BCUT2D eigenvalue weighted by Gasteiger charge is -2.20. The molecule has 2 aromatic heterocycles. The summed E-state index contributed by atoms with van der Waals surface area (Å²) in [6.07, 6.45) is 2.38. The molecule has 0 fully saturated rings. The molecule has 0 aliphatic rings. The minimum atomic E-state index is -0.397. The van der Waals surface area contributed by atoms with Crippen molar-refractivity contribution in [2.45, 2.75) is 26.3 Å². The van der Waals surface area contributed by atoms with E-state index >= 15 is 0 Å². The zero-order valence-corrected chi connectivity index (χ0v) is 14.9. The van der Waals surface area contributed by atoms with E-state index in [1.807, 2.05) is 13.8 Å². The highest BCUT2D eigenvalue weighted by atomic mass is 16.5. The average molecular weight is 355 g/mol. The van der Waals surface area contributed by atoms with Crippen molar-refractivity contribution in [2.24, 2.45) is 5.92 Å². The van der Waals surface area contributed by atoms with Crippen molar-refractivity contribution < 1.29 is 18.5 Å². The van der Waals surface area contributed by atoms with E-state index in [4.69, 9.17) is 13.7 Å². The Hall–Kier alpha value is -3.09. The summed E-state index contributed by atoms with van der Waals surface area (Å²) >= 11 is 0. The van der Waals surface area contributed by atoms with Gasteiger partial charge in [-0.1, -0.05) is 25.4 Å². The standard InChI is InChI=1S/C19H21N3O4/c1-4-12(2)16(19-21-17(22-26-19)15-6-5-11-25-15)20-18(23)13-7-9-14(24-3)10-8-13/h5-12,16H,4H2,1-3H3,(H,20,23)/t12-,16+/m0/s1. The maximum Gasteiger partial charge on any atom is 0.251 e. The number of nitrogens with one attached hydrogen (secondary N) is 1. The number of benzene rings is 1. The van der Waals surface area contributed by atoms with E-state index in [0.29, 0.717) is 28.8 Å². The van der Waals surface area contributed by atoms with Gasteiger partial charge in [0.05, 0.1) is 13.4 Å². The van der Waals surface area contributed by atoms with Crippen LogP contribution in [0.2, 0.25) is 0 Å². The SMILES string of the molecule is CC[C@H](C)[C@@H](NC(=O)c1ccc(OC)cc1)c1nc(-c2ccco2)no1. The molecule has 0 spiro atoms. The summed E-state index contributed by atoms with van der Waals surface area (Å²) in [5, 5.41) is 6.94. The van der Waals surface area contributed by atoms with Gasteiger partial charge in [0, 0.05) is 5.56 Å². The first-order valence-electron chi connectivity index (χ1n) is 8.44. The van der Waals surface area contributed by atoms with Crippen LogP contribution in [0.15, 0.2) is 51.6 Å². The van der Waals surface area contributed by atoms with Crippen molar-refractivity contribution in [3.05, 3.63) is 54.1 Å². The van der Waals surface area contributed by atoms with E-state index < -0.39 is 6.04 Å². The first kappa shape index (κ1) is 17.7. The Morgan fingerprint density at radius 2 is 2.04 bits per heavy atom. The zero-order chi connectivity index (χ0) is 18.5. The van der Waals surface area contributed by atoms with Crippen LogP contribution in [0, 0.1) is 5.92 Å². The molecule has 0 saturated carbocycles. The van der Waals surface area contributed by atoms with Crippen LogP contribution in [-0.2, 0) is 0 Å². The Labute approximate surface area is 151 Å². The molecule has 0 aliphatic carbocycles. The molecule has 2 atom stereocenters. The van der Waals surface area contributed by atoms with Crippen LogP contribution in [0.4, 0.5) is 0 Å². The predicted molar refractivity (Wildman–Crippen MR) is 94.7 cm³/mol. The Morgan fingerprint density at radius 1 is 1.27 bits per heavy atom. The van der Waals surface area contributed by atoms with E-state index in [-0.39, 0.29) is 11.8 Å². The molecule has 1 N–H and O–H groups in total. The highest BCUT2D eigenvalue weighted by Gasteiger charge is 2.27. The molecule has 3 aromatic rings. The van der Waals surface area contributed by atoms with E-state index in [0.717, 1.165) is 6.42 Å². The molecule has 3 rings (SSSR count). The molecule has 2 heterocycles. The smallest absolute Gasteiger partial charge is 0.251 e. The van der Waals surface area contributed by atoms with Crippen molar-refractivity contribution in [3.8, 4) is 17.3 Å². The molecule has 1 amide bonds. The number of carbonyl (C=O) groups excluding carboxylic acids is 1. The molecule has 7 heteroatoms. The number of furan rings is 1. The summed E-state index contributed by atoms with van der Waals surface area (Å²) in [6.45, 7) is 4.07. The number of methoxy groups -OCH3 is 1. The third kappa shape index (κ3) is 3.77. The molecule has 0 aliphatic heterocycles. The van der Waals surface area contributed by atoms with Gasteiger partial charge in [0.25, 0.3) is 5.91 Å². The molecular weight excluding hydrogens is 334 g/mol. The van der Waals surface area contributed by atoms with E-state index in [1.165, 1.54) is 0 Å². The number of aromatic nitrogens is 2. The number of rotatable bonds is 7. The van der Waals surface area contributed by atoms with E-state index in [9.17, 15) is 4.79 Å². The van der Waals surface area contributed by atoms with Crippen molar-refractivity contribution in [3.63, 3.8) is 0 Å². The molecule has 0 unspecified atom stereocenters. The third-order valence-electron chi connectivity index (χ3n) is 4.30. The van der Waals surface area contributed by atoms with Gasteiger partial charge in [-0.05, 0) is 42.3 Å². The Kier molecular flexibility index (Phi) is 5.36. The first-order valence-corrected chi connectivity index (χ1v) is 8.44. The second-order valence-electron chi connectivity index (χ2n) is 6.00. The van der Waals surface area contributed by atoms with Gasteiger partial charge in [0.15, 0.2) is 5.76 Å². The number of ether oxygens (including phenoxy) is 1. The quantitative estimate of drug-likeness (QED) is 0.692. The van der Waals surface area contributed by atoms with Gasteiger partial charge in [-0.25, -0.2) is 0 Å². The average Bonchev–Trinajstić information content (AvgIpc) is 3.36. The lowest BCUT2D eigenvalue weighted by molar-refractivity contribution is 0.0910. The van der Waals surface area contributed by atoms with Crippen LogP contribution in [0.5, 0.6) is 5.75 Å². The van der Waals surface area contributed by atoms with Crippen LogP contribution in [0.3, 0.4) is 0 Å². The summed E-state index contributed by atoms with van der Waals surface area (Å²) in [5.41, 5.74) is 0.532. The van der Waals surface area contributed by atoms with Gasteiger partial charge in [-0.2, -0.15) is 4.98 Å². The van der Waals surface area contributed by atoms with Crippen LogP contribution in [0.25, 0.3) is 11.6 Å². The Balaban J connectivity index is 1.80. The highest BCUT2D eigenvalue weighted by molar-refractivity contribution is 5.94. The van der Waals surface area contributed by atoms with Crippen molar-refractivity contribution in [1.82, 2.24) is 15.5 Å². The van der Waals surface area contributed by atoms with Gasteiger partial charge in [0.2, 0.25) is 11.7 Å². The van der Waals surface area contributed by atoms with Gasteiger partial charge >= 0.3 is 0 Å². The molecule has 0 radical (unpaired) electrons. The van der Waals surface area contributed by atoms with Gasteiger partial charge in [-0.15, -0.1) is 0 Å². The summed E-state index contributed by atoms with van der Waals surface area (Å²) in [7, 11) is 1.58. The van der Waals surface area contributed by atoms with Crippen LogP contribution < -0.4 is 10.1 Å². The fourth-order valence-corrected chi connectivity index (χ4v) is 2.52. The van der Waals surface area contributed by atoms with Gasteiger partial charge in [-0.3, -0.25) is 4.79 Å². The maximum absolute atomic E-state index is 12.6. The zero-order valence-electron chi connectivity index (χ0n) is 14.9. The van der Waals surface area contributed by atoms with E-state index in [2.05, 4.69) is 15.5 Å². The highest BCUT2D eigenvalue weighted by Crippen LogP contribution is 2.26. The minimum Gasteiger partial charge on any atom is -0.497 e. The maximum atomic E-state index is 12.6. The molecule has 1 aromatic carbocycles. The summed E-state index contributed by atoms with van der Waals surface area (Å²) < 4.78 is 15.8. The number of amides is 1. The third-order valence-corrected chi connectivity index (χ3v) is 4.30. The number of hydrogen-bond acceptors (Lipinski definition) is 6. The topological polar surface area (TPSA) is 90.4 Å². The predicted octanol–water partition coefficient (Wildman–Crippen LogP) is 3.86. The second kappa shape index (κ2) is 7.86. The van der Waals surface area contributed by atoms with Crippen molar-refractivity contribution >= 4 is 5.91 Å². The number of nitrogens with zero attached hydrogens (tertiary/aromatic N) is 2. The summed E-state index contributed by atoms with van der Waals surface area (Å²) in [5.74, 6) is 1.83. The lowest BCUT2D eigenvalue weighted by atomic mass is 9.98. The van der Waals surface area contributed by atoms with E-state index in [1.54, 1.807) is 49.8 Å². The fraction of sp³-hybridized carbons (Fsp3) is 0.316. The van der Waals surface area contributed by atoms with Crippen LogP contribution >= 0.6 is 0 Å². The Bertz CT molecular complexity index is 840. The normalized spacial score (nSPS) is 13.2. The van der Waals surface area contributed by atoms with Crippen LogP contribution in [-0.4, -0.2) is 23.2 Å². The fourth-order valence-electron chi connectivity index (χ4n) is 2.52. The van der Waals surface area contributed by atoms with Crippen molar-refractivity contribution in [2.75, 3.05) is 7.11 Å². The molecule has 136 valence electrons. The van der Waals surface area contributed by atoms with Gasteiger partial charge in [0.1, 0.15) is 11.8 Å². The van der Waals surface area contributed by atoms with Gasteiger partial charge < -0.3 is 19.0 Å². The second-order valence-corrected chi connectivity index (χ2v) is 6.00. The van der Waals surface area contributed by atoms with Crippen molar-refractivity contribution in [1.29, 1.82) is 0 Å². The molecular formula is C19H21N3O4. The number of carbonyl (C=O) groups is 1. The monoisotopic (exact) mass is 355 g/mol. The minimum absolute atomic E-state index is 0.113. The molecule has 0 saturated heterocycles. The summed E-state index contributed by atoms with van der Waals surface area (Å²) in [6, 6.07) is 10.0. The Morgan fingerprint density at radius 3 is 2.65 bits per heavy atom. The molecule has 0 bridgehead atoms. The summed E-state index contributed by atoms with van der Waals surface area (Å²) in [4.78, 5) is 17.0. The molecule has 26 heavy (non-hydrogen) atoms. The molecule has 7 nitrogen and oxygen atoms in total. The first-order chi connectivity index (χ1) is 12.6. The number of hydrogen-bond donors (Lipinski definition) is 1. The lowest BCUT2D eigenvalue weighted by Crippen LogP contribution is -2.32. The van der Waals surface area contributed by atoms with Crippen LogP contribution in [0.1, 0.15) is 42.6 Å². The largest absolute Gasteiger partial charge is 0.497 e.